The molecule has 1 aliphatic heterocycles. The minimum atomic E-state index is -0.642. The highest BCUT2D eigenvalue weighted by molar-refractivity contribution is 6.04. The smallest absolute Gasteiger partial charge is 0.411 e. The SMILES string of the molecule is O=C(CN1C(=O)CCC1=O)N[C@H]1CCC[C@H](OC(=O)Nc2ccc(F)cc2)C1. The summed E-state index contributed by atoms with van der Waals surface area (Å²) in [5.74, 6) is -1.46. The van der Waals surface area contributed by atoms with Crippen LogP contribution in [0.1, 0.15) is 38.5 Å². The number of likely N-dealkylation sites (tertiary alicyclic amines) is 1. The van der Waals surface area contributed by atoms with Crippen LogP contribution in [0.5, 0.6) is 0 Å². The van der Waals surface area contributed by atoms with Gasteiger partial charge in [0.2, 0.25) is 17.7 Å². The number of carbonyl (C=O) groups is 4. The number of nitrogens with zero attached hydrogens (tertiary/aromatic N) is 1. The lowest BCUT2D eigenvalue weighted by molar-refractivity contribution is -0.142. The van der Waals surface area contributed by atoms with Gasteiger partial charge in [0.1, 0.15) is 18.5 Å². The number of halogens is 1. The topological polar surface area (TPSA) is 105 Å². The van der Waals surface area contributed by atoms with Crippen LogP contribution in [0.2, 0.25) is 0 Å². The molecule has 2 atom stereocenters. The van der Waals surface area contributed by atoms with Crippen LogP contribution in [0.15, 0.2) is 24.3 Å². The summed E-state index contributed by atoms with van der Waals surface area (Å²) in [5, 5.41) is 5.34. The number of hydrogen-bond donors (Lipinski definition) is 2. The zero-order chi connectivity index (χ0) is 20.1. The average Bonchev–Trinajstić information content (AvgIpc) is 2.96. The van der Waals surface area contributed by atoms with Crippen molar-refractivity contribution in [1.82, 2.24) is 10.2 Å². The minimum absolute atomic E-state index is 0.147. The molecule has 2 aliphatic rings. The highest BCUT2D eigenvalue weighted by atomic mass is 19.1. The highest BCUT2D eigenvalue weighted by Crippen LogP contribution is 2.22. The summed E-state index contributed by atoms with van der Waals surface area (Å²) in [6, 6.07) is 5.13. The molecule has 0 aromatic heterocycles. The molecule has 0 unspecified atom stereocenters. The fourth-order valence-electron chi connectivity index (χ4n) is 3.43. The molecule has 9 heteroatoms. The molecule has 1 saturated heterocycles. The quantitative estimate of drug-likeness (QED) is 0.747. The van der Waals surface area contributed by atoms with Gasteiger partial charge in [0.15, 0.2) is 0 Å². The van der Waals surface area contributed by atoms with E-state index in [1.807, 2.05) is 0 Å². The predicted octanol–water partition coefficient (Wildman–Crippen LogP) is 1.95. The van der Waals surface area contributed by atoms with Crippen LogP contribution >= 0.6 is 0 Å². The van der Waals surface area contributed by atoms with Gasteiger partial charge in [0.25, 0.3) is 0 Å². The van der Waals surface area contributed by atoms with Gasteiger partial charge in [-0.2, -0.15) is 0 Å². The first-order valence-electron chi connectivity index (χ1n) is 9.26. The Balaban J connectivity index is 1.45. The summed E-state index contributed by atoms with van der Waals surface area (Å²) in [6.45, 7) is -0.273. The van der Waals surface area contributed by atoms with Gasteiger partial charge in [-0.15, -0.1) is 0 Å². The molecule has 8 nitrogen and oxygen atoms in total. The molecule has 2 fully saturated rings. The third kappa shape index (κ3) is 5.28. The molecule has 1 aromatic carbocycles. The Labute approximate surface area is 161 Å². The number of imide groups is 1. The lowest BCUT2D eigenvalue weighted by atomic mass is 9.93. The van der Waals surface area contributed by atoms with Crippen LogP contribution < -0.4 is 10.6 Å². The lowest BCUT2D eigenvalue weighted by Crippen LogP contribution is -2.46. The molecule has 0 bridgehead atoms. The van der Waals surface area contributed by atoms with Crippen molar-refractivity contribution in [3.8, 4) is 0 Å². The Kier molecular flexibility index (Phi) is 6.23. The van der Waals surface area contributed by atoms with Crippen LogP contribution in [0.4, 0.5) is 14.9 Å². The first-order chi connectivity index (χ1) is 13.4. The summed E-state index contributed by atoms with van der Waals surface area (Å²) in [7, 11) is 0. The third-order valence-electron chi connectivity index (χ3n) is 4.81. The van der Waals surface area contributed by atoms with Gasteiger partial charge in [0.05, 0.1) is 0 Å². The molecular formula is C19H22FN3O5. The normalized spacial score (nSPS) is 22.1. The Bertz CT molecular complexity index is 751. The fourth-order valence-corrected chi connectivity index (χ4v) is 3.43. The summed E-state index contributed by atoms with van der Waals surface area (Å²) in [4.78, 5) is 48.3. The van der Waals surface area contributed by atoms with Gasteiger partial charge in [-0.25, -0.2) is 9.18 Å². The zero-order valence-electron chi connectivity index (χ0n) is 15.3. The van der Waals surface area contributed by atoms with Crippen LogP contribution in [0.25, 0.3) is 0 Å². The van der Waals surface area contributed by atoms with Gasteiger partial charge < -0.3 is 10.1 Å². The van der Waals surface area contributed by atoms with Crippen molar-refractivity contribution in [3.05, 3.63) is 30.1 Å². The van der Waals surface area contributed by atoms with Crippen LogP contribution in [0, 0.1) is 5.82 Å². The third-order valence-corrected chi connectivity index (χ3v) is 4.81. The van der Waals surface area contributed by atoms with E-state index in [2.05, 4.69) is 10.6 Å². The minimum Gasteiger partial charge on any atom is -0.446 e. The number of benzene rings is 1. The largest absolute Gasteiger partial charge is 0.446 e. The van der Waals surface area contributed by atoms with E-state index in [4.69, 9.17) is 4.74 Å². The van der Waals surface area contributed by atoms with E-state index in [0.29, 0.717) is 18.5 Å². The Morgan fingerprint density at radius 1 is 1.11 bits per heavy atom. The van der Waals surface area contributed by atoms with Crippen molar-refractivity contribution in [2.24, 2.45) is 0 Å². The Hall–Kier alpha value is -2.97. The molecular weight excluding hydrogens is 369 g/mol. The van der Waals surface area contributed by atoms with E-state index < -0.39 is 17.8 Å². The summed E-state index contributed by atoms with van der Waals surface area (Å²) >= 11 is 0. The van der Waals surface area contributed by atoms with Crippen molar-refractivity contribution >= 4 is 29.5 Å². The molecule has 1 aromatic rings. The second-order valence-corrected chi connectivity index (χ2v) is 6.96. The number of rotatable bonds is 5. The van der Waals surface area contributed by atoms with E-state index in [-0.39, 0.29) is 43.3 Å². The molecule has 150 valence electrons. The van der Waals surface area contributed by atoms with E-state index in [0.717, 1.165) is 17.7 Å². The Morgan fingerprint density at radius 3 is 2.46 bits per heavy atom. The first-order valence-corrected chi connectivity index (χ1v) is 9.26. The number of ether oxygens (including phenoxy) is 1. The van der Waals surface area contributed by atoms with Gasteiger partial charge >= 0.3 is 6.09 Å². The highest BCUT2D eigenvalue weighted by Gasteiger charge is 2.32. The predicted molar refractivity (Wildman–Crippen MR) is 96.6 cm³/mol. The second kappa shape index (κ2) is 8.81. The standard InChI is InChI=1S/C19H22FN3O5/c20-12-4-6-13(7-5-12)22-19(27)28-15-3-1-2-14(10-15)21-16(24)11-23-17(25)8-9-18(23)26/h4-7,14-15H,1-3,8-11H2,(H,21,24)(H,22,27)/t14-,15-/m0/s1. The van der Waals surface area contributed by atoms with Gasteiger partial charge in [-0.3, -0.25) is 24.6 Å². The van der Waals surface area contributed by atoms with Crippen molar-refractivity contribution < 1.29 is 28.3 Å². The van der Waals surface area contributed by atoms with E-state index >= 15 is 0 Å². The summed E-state index contributed by atoms with van der Waals surface area (Å²) < 4.78 is 18.3. The van der Waals surface area contributed by atoms with Gasteiger partial charge in [-0.05, 0) is 43.5 Å². The summed E-state index contributed by atoms with van der Waals surface area (Å²) in [5.41, 5.74) is 0.423. The van der Waals surface area contributed by atoms with Gasteiger partial charge in [0, 0.05) is 31.0 Å². The molecule has 3 rings (SSSR count). The van der Waals surface area contributed by atoms with Crippen molar-refractivity contribution in [2.75, 3.05) is 11.9 Å². The molecule has 1 aliphatic carbocycles. The molecule has 0 radical (unpaired) electrons. The molecule has 1 saturated carbocycles. The fraction of sp³-hybridized carbons (Fsp3) is 0.474. The number of anilines is 1. The van der Waals surface area contributed by atoms with Gasteiger partial charge in [-0.1, -0.05) is 0 Å². The average molecular weight is 391 g/mol. The van der Waals surface area contributed by atoms with E-state index in [1.54, 1.807) is 0 Å². The van der Waals surface area contributed by atoms with Crippen molar-refractivity contribution in [3.63, 3.8) is 0 Å². The monoisotopic (exact) mass is 391 g/mol. The summed E-state index contributed by atoms with van der Waals surface area (Å²) in [6.07, 6.45) is 1.90. The number of amides is 4. The van der Waals surface area contributed by atoms with Crippen LogP contribution in [0.3, 0.4) is 0 Å². The second-order valence-electron chi connectivity index (χ2n) is 6.96. The maximum Gasteiger partial charge on any atom is 0.411 e. The van der Waals surface area contributed by atoms with Crippen molar-refractivity contribution in [2.45, 2.75) is 50.7 Å². The molecule has 0 spiro atoms. The van der Waals surface area contributed by atoms with E-state index in [1.165, 1.54) is 24.3 Å². The molecule has 1 heterocycles. The van der Waals surface area contributed by atoms with E-state index in [9.17, 15) is 23.6 Å². The molecule has 28 heavy (non-hydrogen) atoms. The first kappa shape index (κ1) is 19.8. The Morgan fingerprint density at radius 2 is 1.79 bits per heavy atom. The lowest BCUT2D eigenvalue weighted by Gasteiger charge is -2.29. The molecule has 2 N–H and O–H groups in total. The number of hydrogen-bond acceptors (Lipinski definition) is 5. The number of carbonyl (C=O) groups excluding carboxylic acids is 4. The maximum absolute atomic E-state index is 12.9. The van der Waals surface area contributed by atoms with Crippen LogP contribution in [-0.2, 0) is 19.1 Å². The maximum atomic E-state index is 12.9. The van der Waals surface area contributed by atoms with Crippen LogP contribution in [-0.4, -0.2) is 47.4 Å². The zero-order valence-corrected chi connectivity index (χ0v) is 15.3. The number of nitrogens with one attached hydrogen (secondary N) is 2. The molecule has 4 amide bonds. The van der Waals surface area contributed by atoms with Crippen molar-refractivity contribution in [1.29, 1.82) is 0 Å².